The Labute approximate surface area is 184 Å². The van der Waals surface area contributed by atoms with E-state index in [4.69, 9.17) is 4.74 Å². The number of amides is 1. The minimum atomic E-state index is -0.0833. The third-order valence-corrected chi connectivity index (χ3v) is 6.63. The predicted molar refractivity (Wildman–Crippen MR) is 124 cm³/mol. The van der Waals surface area contributed by atoms with E-state index in [0.717, 1.165) is 61.5 Å². The molecule has 0 aliphatic carbocycles. The van der Waals surface area contributed by atoms with Crippen molar-refractivity contribution in [2.24, 2.45) is 0 Å². The van der Waals surface area contributed by atoms with Crippen LogP contribution < -0.4 is 15.0 Å². The second kappa shape index (κ2) is 8.32. The molecule has 0 bridgehead atoms. The van der Waals surface area contributed by atoms with Crippen molar-refractivity contribution in [2.45, 2.75) is 12.8 Å². The lowest BCUT2D eigenvalue weighted by Crippen LogP contribution is -2.46. The number of anilines is 2. The standard InChI is InChI=1S/C23H25BrN4O2/c24-18-5-1-4-17-20(14-25-23(17)18)28-11-9-27(10-12-28)8-2-3-16-6-7-21-19(13-16)26-22(29)15-30-21/h1,4-7,13-14,25H,2-3,8-12,15H2,(H,26,29). The minimum Gasteiger partial charge on any atom is -0.482 e. The number of hydrogen-bond acceptors (Lipinski definition) is 4. The molecule has 0 saturated carbocycles. The molecular weight excluding hydrogens is 444 g/mol. The highest BCUT2D eigenvalue weighted by Gasteiger charge is 2.20. The van der Waals surface area contributed by atoms with Gasteiger partial charge in [-0.25, -0.2) is 0 Å². The van der Waals surface area contributed by atoms with Gasteiger partial charge in [0.05, 0.1) is 16.9 Å². The molecule has 156 valence electrons. The Morgan fingerprint density at radius 3 is 2.83 bits per heavy atom. The second-order valence-electron chi connectivity index (χ2n) is 7.94. The molecule has 2 N–H and O–H groups in total. The van der Waals surface area contributed by atoms with Gasteiger partial charge in [0.25, 0.3) is 5.91 Å². The first-order valence-electron chi connectivity index (χ1n) is 10.5. The number of H-pyrrole nitrogens is 1. The van der Waals surface area contributed by atoms with Crippen LogP contribution in [0, 0.1) is 0 Å². The first kappa shape index (κ1) is 19.5. The number of rotatable bonds is 5. The van der Waals surface area contributed by atoms with Gasteiger partial charge in [-0.05, 0) is 59.1 Å². The number of aromatic nitrogens is 1. The van der Waals surface area contributed by atoms with Gasteiger partial charge in [0.2, 0.25) is 0 Å². The lowest BCUT2D eigenvalue weighted by molar-refractivity contribution is -0.118. The molecule has 5 rings (SSSR count). The van der Waals surface area contributed by atoms with E-state index in [1.165, 1.54) is 22.2 Å². The van der Waals surface area contributed by atoms with Crippen LogP contribution in [0.15, 0.2) is 47.1 Å². The highest BCUT2D eigenvalue weighted by Crippen LogP contribution is 2.32. The predicted octanol–water partition coefficient (Wildman–Crippen LogP) is 4.02. The largest absolute Gasteiger partial charge is 0.482 e. The lowest BCUT2D eigenvalue weighted by atomic mass is 10.1. The maximum atomic E-state index is 11.5. The normalized spacial score (nSPS) is 17.0. The van der Waals surface area contributed by atoms with E-state index in [0.29, 0.717) is 0 Å². The number of carbonyl (C=O) groups excluding carboxylic acids is 1. The van der Waals surface area contributed by atoms with Crippen LogP contribution in [-0.2, 0) is 11.2 Å². The average molecular weight is 469 g/mol. The summed E-state index contributed by atoms with van der Waals surface area (Å²) in [6.07, 6.45) is 4.23. The number of nitrogens with zero attached hydrogens (tertiary/aromatic N) is 2. The number of para-hydroxylation sites is 1. The fraction of sp³-hybridized carbons (Fsp3) is 0.348. The van der Waals surface area contributed by atoms with Gasteiger partial charge >= 0.3 is 0 Å². The number of hydrogen-bond donors (Lipinski definition) is 2. The van der Waals surface area contributed by atoms with Crippen molar-refractivity contribution in [3.8, 4) is 5.75 Å². The van der Waals surface area contributed by atoms with Crippen LogP contribution in [0.25, 0.3) is 10.9 Å². The molecule has 3 heterocycles. The number of ether oxygens (including phenoxy) is 1. The molecule has 3 aromatic rings. The smallest absolute Gasteiger partial charge is 0.262 e. The lowest BCUT2D eigenvalue weighted by Gasteiger charge is -2.35. The number of fused-ring (bicyclic) bond motifs is 2. The topological polar surface area (TPSA) is 60.6 Å². The van der Waals surface area contributed by atoms with Gasteiger partial charge in [-0.3, -0.25) is 9.69 Å². The summed E-state index contributed by atoms with van der Waals surface area (Å²) in [6, 6.07) is 12.5. The van der Waals surface area contributed by atoms with Crippen molar-refractivity contribution in [1.82, 2.24) is 9.88 Å². The molecule has 2 aliphatic rings. The Bertz CT molecular complexity index is 1070. The monoisotopic (exact) mass is 468 g/mol. The van der Waals surface area contributed by atoms with Crippen LogP contribution in [0.5, 0.6) is 5.75 Å². The van der Waals surface area contributed by atoms with Crippen LogP contribution in [0.2, 0.25) is 0 Å². The third-order valence-electron chi connectivity index (χ3n) is 5.97. The van der Waals surface area contributed by atoms with Gasteiger partial charge in [-0.15, -0.1) is 0 Å². The van der Waals surface area contributed by atoms with Crippen LogP contribution in [-0.4, -0.2) is 55.1 Å². The van der Waals surface area contributed by atoms with Crippen molar-refractivity contribution in [1.29, 1.82) is 0 Å². The summed E-state index contributed by atoms with van der Waals surface area (Å²) in [5.74, 6) is 0.680. The molecule has 1 saturated heterocycles. The van der Waals surface area contributed by atoms with Gasteiger partial charge in [0, 0.05) is 42.2 Å². The highest BCUT2D eigenvalue weighted by molar-refractivity contribution is 9.10. The molecular formula is C23H25BrN4O2. The van der Waals surface area contributed by atoms with E-state index in [9.17, 15) is 4.79 Å². The van der Waals surface area contributed by atoms with E-state index in [1.54, 1.807) is 0 Å². The summed E-state index contributed by atoms with van der Waals surface area (Å²) in [5, 5.41) is 4.17. The fourth-order valence-corrected chi connectivity index (χ4v) is 4.85. The Morgan fingerprint density at radius 2 is 1.97 bits per heavy atom. The zero-order valence-electron chi connectivity index (χ0n) is 16.8. The Balaban J connectivity index is 1.13. The summed E-state index contributed by atoms with van der Waals surface area (Å²) < 4.78 is 6.54. The number of carbonyl (C=O) groups is 1. The number of benzene rings is 2. The van der Waals surface area contributed by atoms with Crippen molar-refractivity contribution < 1.29 is 9.53 Å². The zero-order valence-corrected chi connectivity index (χ0v) is 18.4. The molecule has 30 heavy (non-hydrogen) atoms. The van der Waals surface area contributed by atoms with Crippen LogP contribution >= 0.6 is 15.9 Å². The summed E-state index contributed by atoms with van der Waals surface area (Å²) in [5.41, 5.74) is 4.50. The molecule has 0 unspecified atom stereocenters. The zero-order chi connectivity index (χ0) is 20.5. The Hall–Kier alpha value is -2.51. The fourth-order valence-electron chi connectivity index (χ4n) is 4.37. The molecule has 6 nitrogen and oxygen atoms in total. The third kappa shape index (κ3) is 3.91. The van der Waals surface area contributed by atoms with Crippen molar-refractivity contribution in [3.05, 3.63) is 52.6 Å². The average Bonchev–Trinajstić information content (AvgIpc) is 3.19. The van der Waals surface area contributed by atoms with Gasteiger partial charge in [-0.1, -0.05) is 18.2 Å². The second-order valence-corrected chi connectivity index (χ2v) is 8.79. The van der Waals surface area contributed by atoms with E-state index in [2.05, 4.69) is 66.5 Å². The number of nitrogens with one attached hydrogen (secondary N) is 2. The molecule has 2 aromatic carbocycles. The van der Waals surface area contributed by atoms with E-state index >= 15 is 0 Å². The summed E-state index contributed by atoms with van der Waals surface area (Å²) in [4.78, 5) is 19.9. The minimum absolute atomic E-state index is 0.0833. The van der Waals surface area contributed by atoms with E-state index in [-0.39, 0.29) is 12.5 Å². The van der Waals surface area contributed by atoms with Crippen molar-refractivity contribution in [2.75, 3.05) is 49.5 Å². The molecule has 2 aliphatic heterocycles. The molecule has 1 aromatic heterocycles. The van der Waals surface area contributed by atoms with E-state index in [1.807, 2.05) is 12.1 Å². The van der Waals surface area contributed by atoms with Gasteiger partial charge in [-0.2, -0.15) is 0 Å². The maximum absolute atomic E-state index is 11.5. The van der Waals surface area contributed by atoms with Crippen molar-refractivity contribution >= 4 is 44.1 Å². The molecule has 0 radical (unpaired) electrons. The highest BCUT2D eigenvalue weighted by atomic mass is 79.9. The Morgan fingerprint density at radius 1 is 1.10 bits per heavy atom. The number of piperazine rings is 1. The molecule has 0 atom stereocenters. The summed E-state index contributed by atoms with van der Waals surface area (Å²) in [6.45, 7) is 5.44. The molecule has 0 spiro atoms. The van der Waals surface area contributed by atoms with E-state index < -0.39 is 0 Å². The van der Waals surface area contributed by atoms with Crippen LogP contribution in [0.1, 0.15) is 12.0 Å². The van der Waals surface area contributed by atoms with Crippen LogP contribution in [0.3, 0.4) is 0 Å². The molecule has 1 fully saturated rings. The molecule has 7 heteroatoms. The number of aryl methyl sites for hydroxylation is 1. The molecule has 1 amide bonds. The summed E-state index contributed by atoms with van der Waals surface area (Å²) in [7, 11) is 0. The SMILES string of the molecule is O=C1COc2ccc(CCCN3CCN(c4c[nH]c5c(Br)cccc45)CC3)cc2N1. The van der Waals surface area contributed by atoms with Crippen molar-refractivity contribution in [3.63, 3.8) is 0 Å². The van der Waals surface area contributed by atoms with Crippen LogP contribution in [0.4, 0.5) is 11.4 Å². The quantitative estimate of drug-likeness (QED) is 0.593. The van der Waals surface area contributed by atoms with Gasteiger partial charge in [0.1, 0.15) is 5.75 Å². The number of halogens is 1. The first-order chi connectivity index (χ1) is 14.7. The Kier molecular flexibility index (Phi) is 5.39. The number of aromatic amines is 1. The van der Waals surface area contributed by atoms with Gasteiger partial charge in [0.15, 0.2) is 6.61 Å². The van der Waals surface area contributed by atoms with Gasteiger partial charge < -0.3 is 19.9 Å². The first-order valence-corrected chi connectivity index (χ1v) is 11.3. The maximum Gasteiger partial charge on any atom is 0.262 e. The summed E-state index contributed by atoms with van der Waals surface area (Å²) >= 11 is 3.63.